The fraction of sp³-hybridized carbons (Fsp3) is 0. The lowest BCUT2D eigenvalue weighted by atomic mass is 10.0. The maximum Gasteiger partial charge on any atom is 0.197 e. The number of hydrogen-bond acceptors (Lipinski definition) is 2. The summed E-state index contributed by atoms with van der Waals surface area (Å²) in [7, 11) is 0. The van der Waals surface area contributed by atoms with Crippen LogP contribution in [0.15, 0.2) is 46.3 Å². The Balaban J connectivity index is 2.18. The third-order valence-electron chi connectivity index (χ3n) is 2.99. The fourth-order valence-corrected chi connectivity index (χ4v) is 3.80. The Kier molecular flexibility index (Phi) is 3.63. The van der Waals surface area contributed by atoms with E-state index in [9.17, 15) is 9.18 Å². The van der Waals surface area contributed by atoms with Crippen molar-refractivity contribution >= 4 is 54.7 Å². The molecule has 2 aromatic carbocycles. The molecule has 0 spiro atoms. The van der Waals surface area contributed by atoms with Crippen LogP contribution in [0.3, 0.4) is 0 Å². The van der Waals surface area contributed by atoms with Gasteiger partial charge in [0.1, 0.15) is 0 Å². The molecule has 1 heterocycles. The molecular weight excluding hydrogens is 363 g/mol. The Hall–Kier alpha value is -1.23. The van der Waals surface area contributed by atoms with Gasteiger partial charge in [0.25, 0.3) is 0 Å². The lowest BCUT2D eigenvalue weighted by Gasteiger charge is -2.03. The molecule has 100 valence electrons. The van der Waals surface area contributed by atoms with Gasteiger partial charge in [0.15, 0.2) is 11.6 Å². The molecule has 1 nitrogen and oxygen atoms in total. The molecule has 0 aliphatic rings. The largest absolute Gasteiger partial charge is 0.288 e. The topological polar surface area (TPSA) is 17.1 Å². The van der Waals surface area contributed by atoms with Crippen molar-refractivity contribution in [3.8, 4) is 0 Å². The van der Waals surface area contributed by atoms with E-state index in [1.54, 1.807) is 11.4 Å². The molecule has 0 bridgehead atoms. The van der Waals surface area contributed by atoms with Crippen LogP contribution in [-0.2, 0) is 0 Å². The highest BCUT2D eigenvalue weighted by molar-refractivity contribution is 9.10. The molecule has 0 fully saturated rings. The van der Waals surface area contributed by atoms with E-state index in [1.807, 2.05) is 18.2 Å². The predicted octanol–water partition coefficient (Wildman–Crippen LogP) is 5.69. The van der Waals surface area contributed by atoms with Crippen LogP contribution in [0.1, 0.15) is 15.9 Å². The van der Waals surface area contributed by atoms with Gasteiger partial charge in [0, 0.05) is 25.5 Å². The number of carbonyl (C=O) groups is 1. The normalized spacial score (nSPS) is 10.9. The van der Waals surface area contributed by atoms with Crippen molar-refractivity contribution in [3.05, 3.63) is 68.2 Å². The van der Waals surface area contributed by atoms with E-state index in [0.29, 0.717) is 5.56 Å². The number of thiophene rings is 1. The molecule has 3 aromatic rings. The van der Waals surface area contributed by atoms with Crippen LogP contribution < -0.4 is 0 Å². The first kappa shape index (κ1) is 13.7. The van der Waals surface area contributed by atoms with Crippen molar-refractivity contribution in [1.29, 1.82) is 0 Å². The highest BCUT2D eigenvalue weighted by atomic mass is 79.9. The standard InChI is InChI=1S/C15H7BrClFOS/c16-11-5-1-3-8-10(7-20-15(8)11)14(19)9-4-2-6-12(17)13(9)18/h1-7H. The van der Waals surface area contributed by atoms with Crippen molar-refractivity contribution in [2.24, 2.45) is 0 Å². The molecule has 0 radical (unpaired) electrons. The first-order chi connectivity index (χ1) is 9.59. The van der Waals surface area contributed by atoms with Gasteiger partial charge in [-0.2, -0.15) is 0 Å². The van der Waals surface area contributed by atoms with E-state index >= 15 is 0 Å². The van der Waals surface area contributed by atoms with Crippen LogP contribution in [0.5, 0.6) is 0 Å². The molecule has 1 aromatic heterocycles. The molecule has 5 heteroatoms. The Labute approximate surface area is 132 Å². The zero-order valence-electron chi connectivity index (χ0n) is 9.99. The van der Waals surface area contributed by atoms with Crippen LogP contribution in [0.25, 0.3) is 10.1 Å². The highest BCUT2D eigenvalue weighted by Crippen LogP contribution is 2.34. The van der Waals surface area contributed by atoms with E-state index < -0.39 is 5.82 Å². The molecular formula is C15H7BrClFOS. The number of carbonyl (C=O) groups excluding carboxylic acids is 1. The molecule has 0 amide bonds. The average molecular weight is 370 g/mol. The number of ketones is 1. The summed E-state index contributed by atoms with van der Waals surface area (Å²) in [5.74, 6) is -1.03. The number of benzene rings is 2. The Morgan fingerprint density at radius 3 is 2.70 bits per heavy atom. The van der Waals surface area contributed by atoms with Gasteiger partial charge >= 0.3 is 0 Å². The summed E-state index contributed by atoms with van der Waals surface area (Å²) in [6.45, 7) is 0. The van der Waals surface area contributed by atoms with Crippen molar-refractivity contribution in [3.63, 3.8) is 0 Å². The lowest BCUT2D eigenvalue weighted by Crippen LogP contribution is -2.03. The average Bonchev–Trinajstić information content (AvgIpc) is 2.86. The number of fused-ring (bicyclic) bond motifs is 1. The minimum atomic E-state index is -0.673. The van der Waals surface area contributed by atoms with Gasteiger partial charge in [-0.3, -0.25) is 4.79 Å². The molecule has 0 saturated heterocycles. The highest BCUT2D eigenvalue weighted by Gasteiger charge is 2.19. The molecule has 3 rings (SSSR count). The molecule has 0 aliphatic heterocycles. The molecule has 0 N–H and O–H groups in total. The van der Waals surface area contributed by atoms with Gasteiger partial charge in [-0.25, -0.2) is 4.39 Å². The second-order valence-corrected chi connectivity index (χ2v) is 6.34. The monoisotopic (exact) mass is 368 g/mol. The summed E-state index contributed by atoms with van der Waals surface area (Å²) in [4.78, 5) is 12.5. The molecule has 0 atom stereocenters. The van der Waals surface area contributed by atoms with Crippen LogP contribution in [0, 0.1) is 5.82 Å². The van der Waals surface area contributed by atoms with Crippen molar-refractivity contribution in [1.82, 2.24) is 0 Å². The molecule has 20 heavy (non-hydrogen) atoms. The van der Waals surface area contributed by atoms with Gasteiger partial charge in [-0.05, 0) is 34.1 Å². The summed E-state index contributed by atoms with van der Waals surface area (Å²) in [6.07, 6.45) is 0. The Bertz CT molecular complexity index is 828. The molecule has 0 saturated carbocycles. The lowest BCUT2D eigenvalue weighted by molar-refractivity contribution is 0.103. The van der Waals surface area contributed by atoms with Gasteiger partial charge in [-0.15, -0.1) is 11.3 Å². The maximum atomic E-state index is 14.0. The van der Waals surface area contributed by atoms with E-state index in [0.717, 1.165) is 14.6 Å². The number of halogens is 3. The SMILES string of the molecule is O=C(c1cccc(Cl)c1F)c1csc2c(Br)cccc12. The third kappa shape index (κ3) is 2.18. The quantitative estimate of drug-likeness (QED) is 0.531. The summed E-state index contributed by atoms with van der Waals surface area (Å²) in [5, 5.41) is 2.52. The third-order valence-corrected chi connectivity index (χ3v) is 5.24. The van der Waals surface area contributed by atoms with Crippen LogP contribution in [-0.4, -0.2) is 5.78 Å². The van der Waals surface area contributed by atoms with Gasteiger partial charge in [0.05, 0.1) is 10.6 Å². The number of rotatable bonds is 2. The zero-order valence-corrected chi connectivity index (χ0v) is 13.2. The smallest absolute Gasteiger partial charge is 0.197 e. The summed E-state index contributed by atoms with van der Waals surface area (Å²) in [6, 6.07) is 10.1. The molecule has 0 aliphatic carbocycles. The van der Waals surface area contributed by atoms with Crippen LogP contribution >= 0.6 is 38.9 Å². The maximum absolute atomic E-state index is 14.0. The first-order valence-electron chi connectivity index (χ1n) is 5.74. The predicted molar refractivity (Wildman–Crippen MR) is 84.4 cm³/mol. The summed E-state index contributed by atoms with van der Waals surface area (Å²) < 4.78 is 15.9. The second-order valence-electron chi connectivity index (χ2n) is 4.20. The second kappa shape index (κ2) is 5.28. The Morgan fingerprint density at radius 2 is 1.90 bits per heavy atom. The number of hydrogen-bond donors (Lipinski definition) is 0. The van der Waals surface area contributed by atoms with E-state index in [4.69, 9.17) is 11.6 Å². The zero-order chi connectivity index (χ0) is 14.3. The minimum absolute atomic E-state index is 0.00262. The minimum Gasteiger partial charge on any atom is -0.288 e. The van der Waals surface area contributed by atoms with Crippen molar-refractivity contribution < 1.29 is 9.18 Å². The molecule has 0 unspecified atom stereocenters. The fourth-order valence-electron chi connectivity index (χ4n) is 2.02. The van der Waals surface area contributed by atoms with Crippen LogP contribution in [0.2, 0.25) is 5.02 Å². The van der Waals surface area contributed by atoms with E-state index in [-0.39, 0.29) is 16.4 Å². The van der Waals surface area contributed by atoms with Gasteiger partial charge < -0.3 is 0 Å². The summed E-state index contributed by atoms with van der Waals surface area (Å²) in [5.41, 5.74) is 0.490. The van der Waals surface area contributed by atoms with Crippen molar-refractivity contribution in [2.75, 3.05) is 0 Å². The van der Waals surface area contributed by atoms with E-state index in [1.165, 1.54) is 23.5 Å². The van der Waals surface area contributed by atoms with Crippen LogP contribution in [0.4, 0.5) is 4.39 Å². The van der Waals surface area contributed by atoms with E-state index in [2.05, 4.69) is 15.9 Å². The first-order valence-corrected chi connectivity index (χ1v) is 7.79. The summed E-state index contributed by atoms with van der Waals surface area (Å²) >= 11 is 10.6. The Morgan fingerprint density at radius 1 is 1.15 bits per heavy atom. The van der Waals surface area contributed by atoms with Gasteiger partial charge in [-0.1, -0.05) is 29.8 Å². The van der Waals surface area contributed by atoms with Crippen molar-refractivity contribution in [2.45, 2.75) is 0 Å². The van der Waals surface area contributed by atoms with Gasteiger partial charge in [0.2, 0.25) is 0 Å².